The van der Waals surface area contributed by atoms with Crippen LogP contribution in [0.5, 0.6) is 0 Å². The SMILES string of the molecule is CC(CNC(=O)C1CCN(C(=O)c2ccoc2)CC1)c1nc2ccccc2s1. The number of carbonyl (C=O) groups excluding carboxylic acids is 2. The number of thiazole rings is 1. The summed E-state index contributed by atoms with van der Waals surface area (Å²) in [5.41, 5.74) is 1.57. The fraction of sp³-hybridized carbons (Fsp3) is 0.381. The van der Waals surface area contributed by atoms with Crippen molar-refractivity contribution in [2.75, 3.05) is 19.6 Å². The van der Waals surface area contributed by atoms with E-state index in [1.807, 2.05) is 18.2 Å². The number of aromatic nitrogens is 1. The quantitative estimate of drug-likeness (QED) is 0.713. The Hall–Kier alpha value is -2.67. The predicted octanol–water partition coefficient (Wildman–Crippen LogP) is 3.66. The van der Waals surface area contributed by atoms with Crippen molar-refractivity contribution < 1.29 is 14.0 Å². The van der Waals surface area contributed by atoms with Gasteiger partial charge in [0.25, 0.3) is 5.91 Å². The number of hydrogen-bond acceptors (Lipinski definition) is 5. The summed E-state index contributed by atoms with van der Waals surface area (Å²) in [4.78, 5) is 31.4. The maximum Gasteiger partial charge on any atom is 0.257 e. The summed E-state index contributed by atoms with van der Waals surface area (Å²) in [7, 11) is 0. The Morgan fingerprint density at radius 2 is 2.07 bits per heavy atom. The van der Waals surface area contributed by atoms with E-state index in [4.69, 9.17) is 4.42 Å². The van der Waals surface area contributed by atoms with Crippen molar-refractivity contribution in [1.82, 2.24) is 15.2 Å². The lowest BCUT2D eigenvalue weighted by Crippen LogP contribution is -2.43. The summed E-state index contributed by atoms with van der Waals surface area (Å²) in [5, 5.41) is 4.12. The van der Waals surface area contributed by atoms with Gasteiger partial charge in [-0.3, -0.25) is 9.59 Å². The molecule has 3 heterocycles. The van der Waals surface area contributed by atoms with Gasteiger partial charge in [0, 0.05) is 31.5 Å². The summed E-state index contributed by atoms with van der Waals surface area (Å²) in [6.07, 6.45) is 4.33. The summed E-state index contributed by atoms with van der Waals surface area (Å²) in [6, 6.07) is 9.76. The molecule has 2 aromatic heterocycles. The molecule has 1 aliphatic heterocycles. The third kappa shape index (κ3) is 3.94. The molecule has 7 heteroatoms. The molecule has 1 aromatic carbocycles. The molecule has 6 nitrogen and oxygen atoms in total. The number of piperidine rings is 1. The summed E-state index contributed by atoms with van der Waals surface area (Å²) < 4.78 is 6.15. The standard InChI is InChI=1S/C21H23N3O3S/c1-14(20-23-17-4-2-3-5-18(17)28-20)12-22-19(25)15-6-9-24(10-7-15)21(26)16-8-11-27-13-16/h2-5,8,11,13-15H,6-7,9-10,12H2,1H3,(H,22,25). The van der Waals surface area contributed by atoms with Crippen LogP contribution < -0.4 is 5.32 Å². The first-order valence-electron chi connectivity index (χ1n) is 9.56. The van der Waals surface area contributed by atoms with Gasteiger partial charge in [-0.2, -0.15) is 0 Å². The Balaban J connectivity index is 1.27. The lowest BCUT2D eigenvalue weighted by molar-refractivity contribution is -0.126. The molecule has 146 valence electrons. The Labute approximate surface area is 167 Å². The first kappa shape index (κ1) is 18.7. The van der Waals surface area contributed by atoms with Gasteiger partial charge in [0.2, 0.25) is 5.91 Å². The molecule has 28 heavy (non-hydrogen) atoms. The zero-order valence-corrected chi connectivity index (χ0v) is 16.6. The number of fused-ring (bicyclic) bond motifs is 1. The number of hydrogen-bond donors (Lipinski definition) is 1. The van der Waals surface area contributed by atoms with E-state index < -0.39 is 0 Å². The van der Waals surface area contributed by atoms with Crippen molar-refractivity contribution in [3.05, 3.63) is 53.4 Å². The van der Waals surface area contributed by atoms with E-state index in [9.17, 15) is 9.59 Å². The number of nitrogens with zero attached hydrogens (tertiary/aromatic N) is 2. The Morgan fingerprint density at radius 1 is 1.29 bits per heavy atom. The van der Waals surface area contributed by atoms with E-state index in [0.717, 1.165) is 10.5 Å². The highest BCUT2D eigenvalue weighted by molar-refractivity contribution is 7.18. The third-order valence-corrected chi connectivity index (χ3v) is 6.50. The zero-order valence-electron chi connectivity index (χ0n) is 15.8. The fourth-order valence-electron chi connectivity index (χ4n) is 3.50. The predicted molar refractivity (Wildman–Crippen MR) is 108 cm³/mol. The normalized spacial score (nSPS) is 16.2. The molecule has 0 radical (unpaired) electrons. The minimum absolute atomic E-state index is 0.0305. The molecule has 1 fully saturated rings. The van der Waals surface area contributed by atoms with Gasteiger partial charge in [0.15, 0.2) is 0 Å². The van der Waals surface area contributed by atoms with E-state index in [1.165, 1.54) is 17.2 Å². The minimum atomic E-state index is -0.0454. The van der Waals surface area contributed by atoms with Crippen molar-refractivity contribution >= 4 is 33.4 Å². The molecule has 4 rings (SSSR count). The van der Waals surface area contributed by atoms with Crippen LogP contribution in [-0.2, 0) is 4.79 Å². The Kier molecular flexibility index (Phi) is 5.43. The number of nitrogens with one attached hydrogen (secondary N) is 1. The van der Waals surface area contributed by atoms with E-state index >= 15 is 0 Å². The number of likely N-dealkylation sites (tertiary alicyclic amines) is 1. The van der Waals surface area contributed by atoms with Crippen molar-refractivity contribution in [3.8, 4) is 0 Å². The first-order valence-corrected chi connectivity index (χ1v) is 10.4. The average molecular weight is 398 g/mol. The second-order valence-corrected chi connectivity index (χ2v) is 8.31. The number of furan rings is 1. The molecule has 0 aliphatic carbocycles. The lowest BCUT2D eigenvalue weighted by Gasteiger charge is -2.31. The molecule has 1 N–H and O–H groups in total. The zero-order chi connectivity index (χ0) is 19.5. The maximum absolute atomic E-state index is 12.6. The molecule has 1 atom stereocenters. The summed E-state index contributed by atoms with van der Waals surface area (Å²) in [5.74, 6) is 0.167. The molecular formula is C21H23N3O3S. The van der Waals surface area contributed by atoms with Gasteiger partial charge in [-0.15, -0.1) is 11.3 Å². The van der Waals surface area contributed by atoms with Gasteiger partial charge in [-0.1, -0.05) is 19.1 Å². The van der Waals surface area contributed by atoms with Crippen LogP contribution in [0.3, 0.4) is 0 Å². The maximum atomic E-state index is 12.6. The first-order chi connectivity index (χ1) is 13.6. The molecule has 1 unspecified atom stereocenters. The molecule has 0 bridgehead atoms. The second-order valence-electron chi connectivity index (χ2n) is 7.24. The lowest BCUT2D eigenvalue weighted by atomic mass is 9.95. The number of para-hydroxylation sites is 1. The van der Waals surface area contributed by atoms with Crippen LogP contribution in [0.2, 0.25) is 0 Å². The number of benzene rings is 1. The molecule has 3 aromatic rings. The van der Waals surface area contributed by atoms with Crippen molar-refractivity contribution in [2.45, 2.75) is 25.7 Å². The van der Waals surface area contributed by atoms with Crippen LogP contribution in [0.25, 0.3) is 10.2 Å². The largest absolute Gasteiger partial charge is 0.472 e. The minimum Gasteiger partial charge on any atom is -0.472 e. The van der Waals surface area contributed by atoms with E-state index in [2.05, 4.69) is 23.3 Å². The van der Waals surface area contributed by atoms with Gasteiger partial charge in [-0.05, 0) is 31.0 Å². The molecule has 2 amide bonds. The van der Waals surface area contributed by atoms with E-state index in [-0.39, 0.29) is 23.7 Å². The highest BCUT2D eigenvalue weighted by Gasteiger charge is 2.28. The molecule has 0 spiro atoms. The Morgan fingerprint density at radius 3 is 2.79 bits per heavy atom. The second kappa shape index (κ2) is 8.14. The van der Waals surface area contributed by atoms with Crippen molar-refractivity contribution in [2.24, 2.45) is 5.92 Å². The Bertz CT molecular complexity index is 925. The molecular weight excluding hydrogens is 374 g/mol. The van der Waals surface area contributed by atoms with Crippen LogP contribution in [0.15, 0.2) is 47.3 Å². The van der Waals surface area contributed by atoms with Crippen LogP contribution in [0.4, 0.5) is 0 Å². The number of rotatable bonds is 5. The molecule has 1 saturated heterocycles. The third-order valence-electron chi connectivity index (χ3n) is 5.24. The van der Waals surface area contributed by atoms with Crippen LogP contribution in [0.1, 0.15) is 41.0 Å². The highest BCUT2D eigenvalue weighted by Crippen LogP contribution is 2.27. The monoisotopic (exact) mass is 397 g/mol. The fourth-order valence-corrected chi connectivity index (χ4v) is 4.52. The van der Waals surface area contributed by atoms with Crippen molar-refractivity contribution in [3.63, 3.8) is 0 Å². The van der Waals surface area contributed by atoms with Gasteiger partial charge < -0.3 is 14.6 Å². The van der Waals surface area contributed by atoms with E-state index in [0.29, 0.717) is 38.0 Å². The van der Waals surface area contributed by atoms with Gasteiger partial charge in [0.05, 0.1) is 27.1 Å². The molecule has 0 saturated carbocycles. The topological polar surface area (TPSA) is 75.4 Å². The number of amides is 2. The van der Waals surface area contributed by atoms with Crippen LogP contribution >= 0.6 is 11.3 Å². The molecule has 1 aliphatic rings. The van der Waals surface area contributed by atoms with Gasteiger partial charge in [-0.25, -0.2) is 4.98 Å². The van der Waals surface area contributed by atoms with Crippen LogP contribution in [-0.4, -0.2) is 41.3 Å². The smallest absolute Gasteiger partial charge is 0.257 e. The summed E-state index contributed by atoms with van der Waals surface area (Å²) in [6.45, 7) is 3.85. The summed E-state index contributed by atoms with van der Waals surface area (Å²) >= 11 is 1.68. The van der Waals surface area contributed by atoms with Gasteiger partial charge >= 0.3 is 0 Å². The average Bonchev–Trinajstić information content (AvgIpc) is 3.41. The van der Waals surface area contributed by atoms with Crippen molar-refractivity contribution in [1.29, 1.82) is 0 Å². The number of carbonyl (C=O) groups is 2. The van der Waals surface area contributed by atoms with E-state index in [1.54, 1.807) is 22.3 Å². The highest BCUT2D eigenvalue weighted by atomic mass is 32.1. The van der Waals surface area contributed by atoms with Gasteiger partial charge in [0.1, 0.15) is 6.26 Å². The van der Waals surface area contributed by atoms with Crippen LogP contribution in [0, 0.1) is 5.92 Å².